The van der Waals surface area contributed by atoms with Crippen LogP contribution in [0.5, 0.6) is 0 Å². The molecule has 3 aliphatic rings. The highest BCUT2D eigenvalue weighted by Gasteiger charge is 2.55. The number of rotatable bonds is 4. The number of hydrogen-bond donors (Lipinski definition) is 0. The van der Waals surface area contributed by atoms with Crippen LogP contribution in [-0.2, 0) is 23.7 Å². The van der Waals surface area contributed by atoms with Crippen LogP contribution in [0, 0.1) is 0 Å². The Morgan fingerprint density at radius 2 is 1.29 bits per heavy atom. The van der Waals surface area contributed by atoms with Gasteiger partial charge in [-0.25, -0.2) is 9.80 Å². The first kappa shape index (κ1) is 17.9. The van der Waals surface area contributed by atoms with Crippen LogP contribution >= 0.6 is 7.80 Å². The van der Waals surface area contributed by atoms with Crippen molar-refractivity contribution < 1.29 is 23.7 Å². The van der Waals surface area contributed by atoms with Crippen molar-refractivity contribution in [1.82, 2.24) is 9.80 Å². The van der Waals surface area contributed by atoms with Gasteiger partial charge in [0.1, 0.15) is 0 Å². The fourth-order valence-corrected chi connectivity index (χ4v) is 4.91. The lowest BCUT2D eigenvalue weighted by molar-refractivity contribution is -0.158. The van der Waals surface area contributed by atoms with Crippen LogP contribution in [0.3, 0.4) is 0 Å². The lowest BCUT2D eigenvalue weighted by atomic mass is 9.96. The summed E-state index contributed by atoms with van der Waals surface area (Å²) < 4.78 is 13.1. The number of nitrogens with zero attached hydrogens (tertiary/aromatic N) is 2. The Labute approximate surface area is 161 Å². The van der Waals surface area contributed by atoms with Crippen LogP contribution in [0.1, 0.15) is 6.42 Å². The Bertz CT molecular complexity index is 974. The molecule has 0 spiro atoms. The molecule has 0 fully saturated rings. The molecular formula is C20H14N2O5P+. The Hall–Kier alpha value is -3.44. The van der Waals surface area contributed by atoms with Gasteiger partial charge in [-0.1, -0.05) is 28.8 Å². The first-order valence-electron chi connectivity index (χ1n) is 8.47. The average molecular weight is 393 g/mol. The standard InChI is InChI=1S/C20H14N2O5P/c23-16-8-9-17(24)21(16)20(22-18(25)10-11-19(22)26)12-4-7-15(13-20)28(27)14-5-2-1-3-6-14/h1-12H,13H2/q+1. The summed E-state index contributed by atoms with van der Waals surface area (Å²) in [5.74, 6) is -2.56. The maximum atomic E-state index is 13.1. The molecule has 2 heterocycles. The van der Waals surface area contributed by atoms with E-state index in [1.54, 1.807) is 36.4 Å². The maximum absolute atomic E-state index is 13.1. The van der Waals surface area contributed by atoms with Crippen molar-refractivity contribution in [1.29, 1.82) is 0 Å². The van der Waals surface area contributed by atoms with E-state index in [1.165, 1.54) is 12.2 Å². The molecule has 0 saturated carbocycles. The van der Waals surface area contributed by atoms with Crippen LogP contribution < -0.4 is 5.30 Å². The molecule has 138 valence electrons. The van der Waals surface area contributed by atoms with Gasteiger partial charge in [0.2, 0.25) is 0 Å². The zero-order valence-corrected chi connectivity index (χ0v) is 15.4. The van der Waals surface area contributed by atoms with E-state index in [4.69, 9.17) is 0 Å². The molecule has 28 heavy (non-hydrogen) atoms. The highest BCUT2D eigenvalue weighted by atomic mass is 31.1. The molecule has 2 aliphatic heterocycles. The van der Waals surface area contributed by atoms with Crippen molar-refractivity contribution in [2.75, 3.05) is 0 Å². The van der Waals surface area contributed by atoms with E-state index in [0.29, 0.717) is 10.6 Å². The topological polar surface area (TPSA) is 91.8 Å². The Balaban J connectivity index is 1.79. The minimum absolute atomic E-state index is 0.119. The average Bonchev–Trinajstić information content (AvgIpc) is 3.23. The number of imide groups is 2. The summed E-state index contributed by atoms with van der Waals surface area (Å²) in [6.07, 6.45) is 8.84. The van der Waals surface area contributed by atoms with Gasteiger partial charge in [0.15, 0.2) is 16.3 Å². The zero-order valence-electron chi connectivity index (χ0n) is 14.5. The third-order valence-corrected chi connectivity index (χ3v) is 6.33. The van der Waals surface area contributed by atoms with Gasteiger partial charge in [-0.3, -0.25) is 19.2 Å². The zero-order chi connectivity index (χ0) is 19.9. The summed E-state index contributed by atoms with van der Waals surface area (Å²) in [6, 6.07) is 8.72. The van der Waals surface area contributed by atoms with E-state index in [2.05, 4.69) is 0 Å². The fraction of sp³-hybridized carbons (Fsp3) is 0.100. The first-order valence-corrected chi connectivity index (χ1v) is 9.73. The predicted octanol–water partition coefficient (Wildman–Crippen LogP) is 1.53. The van der Waals surface area contributed by atoms with E-state index in [1.807, 2.05) is 0 Å². The number of carbonyl (C=O) groups is 4. The molecule has 1 aromatic carbocycles. The van der Waals surface area contributed by atoms with E-state index >= 15 is 0 Å². The summed E-state index contributed by atoms with van der Waals surface area (Å²) in [4.78, 5) is 51.4. The molecule has 8 heteroatoms. The molecule has 0 aromatic heterocycles. The van der Waals surface area contributed by atoms with Gasteiger partial charge in [0, 0.05) is 24.3 Å². The molecule has 0 bridgehead atoms. The SMILES string of the molecule is O=C1C=CC(=O)N1C1(N2C(=O)C=CC2=O)C=CC=C([P+](=O)c2ccccc2)C1. The lowest BCUT2D eigenvalue weighted by Crippen LogP contribution is -2.63. The van der Waals surface area contributed by atoms with Crippen molar-refractivity contribution >= 4 is 36.7 Å². The largest absolute Gasteiger partial charge is 0.411 e. The molecule has 1 aliphatic carbocycles. The summed E-state index contributed by atoms with van der Waals surface area (Å²) in [7, 11) is -2.02. The van der Waals surface area contributed by atoms with Crippen LogP contribution in [0.15, 0.2) is 78.2 Å². The van der Waals surface area contributed by atoms with E-state index in [0.717, 1.165) is 34.1 Å². The van der Waals surface area contributed by atoms with Gasteiger partial charge in [-0.15, -0.1) is 0 Å². The maximum Gasteiger partial charge on any atom is 0.411 e. The second-order valence-electron chi connectivity index (χ2n) is 6.39. The number of carbonyl (C=O) groups excluding carboxylic acids is 4. The van der Waals surface area contributed by atoms with Gasteiger partial charge >= 0.3 is 7.80 Å². The fourth-order valence-electron chi connectivity index (χ4n) is 3.54. The second-order valence-corrected chi connectivity index (χ2v) is 8.07. The minimum atomic E-state index is -2.02. The highest BCUT2D eigenvalue weighted by Crippen LogP contribution is 2.44. The third-order valence-electron chi connectivity index (χ3n) is 4.74. The molecule has 4 amide bonds. The minimum Gasteiger partial charge on any atom is -0.269 e. The molecule has 0 N–H and O–H groups in total. The van der Waals surface area contributed by atoms with Gasteiger partial charge in [0.25, 0.3) is 23.6 Å². The Kier molecular flexibility index (Phi) is 4.24. The summed E-state index contributed by atoms with van der Waals surface area (Å²) in [6.45, 7) is 0. The normalized spacial score (nSPS) is 21.0. The van der Waals surface area contributed by atoms with E-state index < -0.39 is 37.1 Å². The Morgan fingerprint density at radius 1 is 0.786 bits per heavy atom. The highest BCUT2D eigenvalue weighted by molar-refractivity contribution is 7.57. The summed E-state index contributed by atoms with van der Waals surface area (Å²) in [5.41, 5.74) is -1.68. The number of benzene rings is 1. The molecule has 7 nitrogen and oxygen atoms in total. The molecule has 1 unspecified atom stereocenters. The quantitative estimate of drug-likeness (QED) is 0.572. The molecule has 1 atom stereocenters. The van der Waals surface area contributed by atoms with Gasteiger partial charge in [0.05, 0.1) is 6.42 Å². The van der Waals surface area contributed by atoms with Gasteiger partial charge in [-0.2, -0.15) is 0 Å². The van der Waals surface area contributed by atoms with E-state index in [9.17, 15) is 23.7 Å². The molecule has 0 saturated heterocycles. The van der Waals surface area contributed by atoms with Crippen LogP contribution in [0.2, 0.25) is 0 Å². The van der Waals surface area contributed by atoms with Crippen molar-refractivity contribution in [3.05, 3.63) is 78.2 Å². The van der Waals surface area contributed by atoms with Gasteiger partial charge in [-0.05, 0) is 24.3 Å². The molecule has 1 aromatic rings. The number of hydrogen-bond acceptors (Lipinski definition) is 5. The summed E-state index contributed by atoms with van der Waals surface area (Å²) >= 11 is 0. The Morgan fingerprint density at radius 3 is 1.79 bits per heavy atom. The first-order chi connectivity index (χ1) is 13.4. The predicted molar refractivity (Wildman–Crippen MR) is 100 cm³/mol. The number of amides is 4. The van der Waals surface area contributed by atoms with E-state index in [-0.39, 0.29) is 6.42 Å². The smallest absolute Gasteiger partial charge is 0.269 e. The van der Waals surface area contributed by atoms with Crippen LogP contribution in [0.4, 0.5) is 0 Å². The van der Waals surface area contributed by atoms with Crippen molar-refractivity contribution in [2.24, 2.45) is 0 Å². The lowest BCUT2D eigenvalue weighted by Gasteiger charge is -2.43. The van der Waals surface area contributed by atoms with Crippen molar-refractivity contribution in [3.63, 3.8) is 0 Å². The molecule has 0 radical (unpaired) electrons. The van der Waals surface area contributed by atoms with Crippen molar-refractivity contribution in [2.45, 2.75) is 12.1 Å². The second kappa shape index (κ2) is 6.62. The van der Waals surface area contributed by atoms with Crippen LogP contribution in [-0.4, -0.2) is 39.1 Å². The number of allylic oxidation sites excluding steroid dienone is 2. The van der Waals surface area contributed by atoms with Crippen LogP contribution in [0.25, 0.3) is 0 Å². The molecular weight excluding hydrogens is 379 g/mol. The summed E-state index contributed by atoms with van der Waals surface area (Å²) in [5, 5.41) is 0.992. The molecule has 4 rings (SSSR count). The van der Waals surface area contributed by atoms with Crippen molar-refractivity contribution in [3.8, 4) is 0 Å². The third kappa shape index (κ3) is 2.68. The monoisotopic (exact) mass is 393 g/mol. The van der Waals surface area contributed by atoms with Gasteiger partial charge < -0.3 is 0 Å².